The van der Waals surface area contributed by atoms with E-state index >= 15 is 0 Å². The number of hydrogen-bond acceptors (Lipinski definition) is 1. The van der Waals surface area contributed by atoms with Gasteiger partial charge in [0.2, 0.25) is 0 Å². The van der Waals surface area contributed by atoms with Crippen LogP contribution in [0, 0.1) is 11.2 Å². The van der Waals surface area contributed by atoms with Gasteiger partial charge in [-0.25, -0.2) is 4.39 Å². The van der Waals surface area contributed by atoms with Gasteiger partial charge in [0.05, 0.1) is 5.69 Å². The first-order chi connectivity index (χ1) is 5.88. The predicted octanol–water partition coefficient (Wildman–Crippen LogP) is 3.00. The molecule has 72 valence electrons. The fourth-order valence-corrected chi connectivity index (χ4v) is 1.32. The molecule has 0 atom stereocenters. The van der Waals surface area contributed by atoms with Crippen molar-refractivity contribution in [1.29, 1.82) is 0 Å². The van der Waals surface area contributed by atoms with Crippen LogP contribution in [0.2, 0.25) is 0 Å². The van der Waals surface area contributed by atoms with Crippen molar-refractivity contribution in [3.05, 3.63) is 29.6 Å². The average molecular weight is 181 g/mol. The Morgan fingerprint density at radius 2 is 1.92 bits per heavy atom. The lowest BCUT2D eigenvalue weighted by molar-refractivity contribution is 0.411. The van der Waals surface area contributed by atoms with E-state index in [1.807, 2.05) is 0 Å². The van der Waals surface area contributed by atoms with Crippen LogP contribution < -0.4 is 5.73 Å². The zero-order chi connectivity index (χ0) is 10.1. The lowest BCUT2D eigenvalue weighted by Crippen LogP contribution is -2.09. The van der Waals surface area contributed by atoms with Crippen LogP contribution in [-0.4, -0.2) is 0 Å². The highest BCUT2D eigenvalue weighted by Gasteiger charge is 2.11. The molecular weight excluding hydrogens is 165 g/mol. The van der Waals surface area contributed by atoms with E-state index in [0.29, 0.717) is 0 Å². The maximum absolute atomic E-state index is 12.8. The van der Waals surface area contributed by atoms with E-state index < -0.39 is 0 Å². The van der Waals surface area contributed by atoms with Crippen molar-refractivity contribution in [1.82, 2.24) is 0 Å². The molecule has 0 unspecified atom stereocenters. The Kier molecular flexibility index (Phi) is 2.60. The summed E-state index contributed by atoms with van der Waals surface area (Å²) in [5.74, 6) is -0.336. The summed E-state index contributed by atoms with van der Waals surface area (Å²) in [5, 5.41) is 0. The normalized spacial score (nSPS) is 11.7. The fraction of sp³-hybridized carbons (Fsp3) is 0.455. The van der Waals surface area contributed by atoms with Gasteiger partial charge < -0.3 is 5.73 Å². The largest absolute Gasteiger partial charge is 0.396 e. The minimum atomic E-state index is -0.336. The second-order valence-electron chi connectivity index (χ2n) is 4.59. The van der Waals surface area contributed by atoms with Gasteiger partial charge in [-0.1, -0.05) is 26.8 Å². The molecule has 0 radical (unpaired) electrons. The van der Waals surface area contributed by atoms with Gasteiger partial charge in [-0.15, -0.1) is 0 Å². The molecule has 0 amide bonds. The number of halogens is 1. The van der Waals surface area contributed by atoms with Crippen LogP contribution in [0.4, 0.5) is 10.1 Å². The summed E-state index contributed by atoms with van der Waals surface area (Å²) in [6.45, 7) is 6.44. The first-order valence-corrected chi connectivity index (χ1v) is 4.42. The first-order valence-electron chi connectivity index (χ1n) is 4.42. The Labute approximate surface area is 78.8 Å². The van der Waals surface area contributed by atoms with E-state index in [0.717, 1.165) is 12.0 Å². The minimum Gasteiger partial charge on any atom is -0.396 e. The molecule has 0 saturated heterocycles. The smallest absolute Gasteiger partial charge is 0.146 e. The van der Waals surface area contributed by atoms with Crippen molar-refractivity contribution in [2.24, 2.45) is 5.41 Å². The Morgan fingerprint density at radius 3 is 2.38 bits per heavy atom. The molecule has 0 aliphatic heterocycles. The van der Waals surface area contributed by atoms with Crippen molar-refractivity contribution >= 4 is 5.69 Å². The molecule has 1 aromatic rings. The van der Waals surface area contributed by atoms with Gasteiger partial charge in [-0.3, -0.25) is 0 Å². The summed E-state index contributed by atoms with van der Waals surface area (Å²) in [5.41, 5.74) is 7.00. The van der Waals surface area contributed by atoms with Crippen LogP contribution in [0.15, 0.2) is 18.2 Å². The van der Waals surface area contributed by atoms with E-state index in [9.17, 15) is 4.39 Å². The third kappa shape index (κ3) is 3.05. The van der Waals surface area contributed by atoms with Gasteiger partial charge in [0.25, 0.3) is 0 Å². The lowest BCUT2D eigenvalue weighted by Gasteiger charge is -2.18. The van der Waals surface area contributed by atoms with Crippen LogP contribution in [0.3, 0.4) is 0 Å². The second-order valence-corrected chi connectivity index (χ2v) is 4.59. The molecular formula is C11H16FN. The number of nitrogen functional groups attached to an aromatic ring is 1. The number of nitrogens with two attached hydrogens (primary N) is 1. The number of rotatable bonds is 1. The van der Waals surface area contributed by atoms with Gasteiger partial charge in [-0.2, -0.15) is 0 Å². The molecule has 0 saturated carbocycles. The molecule has 13 heavy (non-hydrogen) atoms. The SMILES string of the molecule is CC(C)(C)Cc1ccc(F)c(N)c1. The number of anilines is 1. The third-order valence-corrected chi connectivity index (χ3v) is 1.79. The molecule has 1 nitrogen and oxygen atoms in total. The topological polar surface area (TPSA) is 26.0 Å². The zero-order valence-electron chi connectivity index (χ0n) is 8.39. The quantitative estimate of drug-likeness (QED) is 0.662. The predicted molar refractivity (Wildman–Crippen MR) is 54.0 cm³/mol. The highest BCUT2D eigenvalue weighted by Crippen LogP contribution is 2.22. The van der Waals surface area contributed by atoms with E-state index in [1.165, 1.54) is 6.07 Å². The summed E-state index contributed by atoms with van der Waals surface area (Å²) >= 11 is 0. The molecule has 0 aliphatic rings. The Bertz CT molecular complexity index is 299. The Hall–Kier alpha value is -1.05. The van der Waals surface area contributed by atoms with Crippen LogP contribution in [-0.2, 0) is 6.42 Å². The molecule has 0 aliphatic carbocycles. The number of benzene rings is 1. The van der Waals surface area contributed by atoms with E-state index in [4.69, 9.17) is 5.73 Å². The molecule has 2 N–H and O–H groups in total. The van der Waals surface area contributed by atoms with Crippen LogP contribution >= 0.6 is 0 Å². The summed E-state index contributed by atoms with van der Waals surface area (Å²) in [7, 11) is 0. The lowest BCUT2D eigenvalue weighted by atomic mass is 9.88. The molecule has 2 heteroatoms. The van der Waals surface area contributed by atoms with Crippen molar-refractivity contribution in [3.63, 3.8) is 0 Å². The van der Waals surface area contributed by atoms with Crippen molar-refractivity contribution in [3.8, 4) is 0 Å². The van der Waals surface area contributed by atoms with Gasteiger partial charge in [0, 0.05) is 0 Å². The van der Waals surface area contributed by atoms with E-state index in [1.54, 1.807) is 12.1 Å². The third-order valence-electron chi connectivity index (χ3n) is 1.79. The highest BCUT2D eigenvalue weighted by molar-refractivity contribution is 5.42. The molecule has 0 spiro atoms. The van der Waals surface area contributed by atoms with Crippen LogP contribution in [0.25, 0.3) is 0 Å². The van der Waals surface area contributed by atoms with Gasteiger partial charge >= 0.3 is 0 Å². The summed E-state index contributed by atoms with van der Waals surface area (Å²) in [6, 6.07) is 4.92. The van der Waals surface area contributed by atoms with Crippen LogP contribution in [0.5, 0.6) is 0 Å². The molecule has 0 fully saturated rings. The Balaban J connectivity index is 2.86. The van der Waals surface area contributed by atoms with Gasteiger partial charge in [0.15, 0.2) is 0 Å². The van der Waals surface area contributed by atoms with E-state index in [-0.39, 0.29) is 16.9 Å². The molecule has 0 heterocycles. The maximum Gasteiger partial charge on any atom is 0.146 e. The fourth-order valence-electron chi connectivity index (χ4n) is 1.32. The standard InChI is InChI=1S/C11H16FN/c1-11(2,3)7-8-4-5-9(12)10(13)6-8/h4-6H,7,13H2,1-3H3. The zero-order valence-corrected chi connectivity index (χ0v) is 8.39. The molecule has 0 bridgehead atoms. The second kappa shape index (κ2) is 3.36. The average Bonchev–Trinajstić information content (AvgIpc) is 1.94. The Morgan fingerprint density at radius 1 is 1.31 bits per heavy atom. The van der Waals surface area contributed by atoms with Crippen molar-refractivity contribution in [2.75, 3.05) is 5.73 Å². The summed E-state index contributed by atoms with van der Waals surface area (Å²) in [4.78, 5) is 0. The van der Waals surface area contributed by atoms with E-state index in [2.05, 4.69) is 20.8 Å². The molecule has 1 rings (SSSR count). The first kappa shape index (κ1) is 10.0. The summed E-state index contributed by atoms with van der Waals surface area (Å²) < 4.78 is 12.8. The molecule has 0 aromatic heterocycles. The maximum atomic E-state index is 12.8. The monoisotopic (exact) mass is 181 g/mol. The van der Waals surface area contributed by atoms with Crippen LogP contribution in [0.1, 0.15) is 26.3 Å². The summed E-state index contributed by atoms with van der Waals surface area (Å²) in [6.07, 6.45) is 0.914. The minimum absolute atomic E-state index is 0.213. The van der Waals surface area contributed by atoms with Crippen molar-refractivity contribution < 1.29 is 4.39 Å². The number of hydrogen-bond donors (Lipinski definition) is 1. The molecule has 1 aromatic carbocycles. The van der Waals surface area contributed by atoms with Crippen molar-refractivity contribution in [2.45, 2.75) is 27.2 Å². The highest BCUT2D eigenvalue weighted by atomic mass is 19.1. The van der Waals surface area contributed by atoms with Gasteiger partial charge in [0.1, 0.15) is 5.82 Å². The van der Waals surface area contributed by atoms with Gasteiger partial charge in [-0.05, 0) is 29.5 Å².